The second-order valence-electron chi connectivity index (χ2n) is 4.96. The number of hydrogen-bond acceptors (Lipinski definition) is 7. The minimum absolute atomic E-state index is 0.0478. The lowest BCUT2D eigenvalue weighted by Gasteiger charge is -2.13. The second-order valence-corrected chi connectivity index (χ2v) is 5.87. The first kappa shape index (κ1) is 17.5. The fraction of sp³-hybridized carbons (Fsp3) is 0.692. The Morgan fingerprint density at radius 3 is 2.67 bits per heavy atom. The van der Waals surface area contributed by atoms with Crippen molar-refractivity contribution in [2.75, 3.05) is 35.7 Å². The predicted octanol–water partition coefficient (Wildman–Crippen LogP) is 2.93. The van der Waals surface area contributed by atoms with E-state index in [4.69, 9.17) is 0 Å². The van der Waals surface area contributed by atoms with Crippen LogP contribution in [-0.4, -0.2) is 40.0 Å². The van der Waals surface area contributed by atoms with Gasteiger partial charge in [-0.3, -0.25) is 10.1 Å². The summed E-state index contributed by atoms with van der Waals surface area (Å²) in [7, 11) is 0. The molecule has 7 nitrogen and oxygen atoms in total. The van der Waals surface area contributed by atoms with Crippen LogP contribution in [0.4, 0.5) is 17.5 Å². The third-order valence-corrected chi connectivity index (χ3v) is 3.75. The van der Waals surface area contributed by atoms with Crippen molar-refractivity contribution in [2.24, 2.45) is 5.92 Å². The first-order chi connectivity index (χ1) is 9.99. The van der Waals surface area contributed by atoms with E-state index in [9.17, 15) is 10.1 Å². The van der Waals surface area contributed by atoms with Gasteiger partial charge in [-0.25, -0.2) is 4.98 Å². The second kappa shape index (κ2) is 8.66. The molecule has 0 aliphatic carbocycles. The van der Waals surface area contributed by atoms with Crippen LogP contribution >= 0.6 is 11.8 Å². The highest BCUT2D eigenvalue weighted by Gasteiger charge is 2.22. The molecule has 1 atom stereocenters. The summed E-state index contributed by atoms with van der Waals surface area (Å²) < 4.78 is 0. The molecule has 0 aliphatic rings. The molecule has 0 amide bonds. The SMILES string of the molecule is CCCNc1nc(C)c([N+](=O)[O-])c(NCC(C)CSC)n1. The molecule has 0 aromatic carbocycles. The number of thioether (sulfide) groups is 1. The minimum Gasteiger partial charge on any atom is -0.364 e. The molecule has 2 N–H and O–H groups in total. The van der Waals surface area contributed by atoms with E-state index in [2.05, 4.69) is 27.5 Å². The van der Waals surface area contributed by atoms with Gasteiger partial charge in [0.1, 0.15) is 5.69 Å². The van der Waals surface area contributed by atoms with Crippen LogP contribution in [0.3, 0.4) is 0 Å². The van der Waals surface area contributed by atoms with Gasteiger partial charge in [-0.1, -0.05) is 13.8 Å². The van der Waals surface area contributed by atoms with E-state index in [1.807, 2.05) is 13.2 Å². The standard InChI is InChI=1S/C13H23N5O2S/c1-5-6-14-13-16-10(3)11(18(19)20)12(17-13)15-7-9(2)8-21-4/h9H,5-8H2,1-4H3,(H2,14,15,16,17). The molecule has 1 rings (SSSR count). The molecule has 0 saturated carbocycles. The normalized spacial score (nSPS) is 12.0. The summed E-state index contributed by atoms with van der Waals surface area (Å²) in [5.41, 5.74) is 0.321. The van der Waals surface area contributed by atoms with Crippen molar-refractivity contribution < 1.29 is 4.92 Å². The van der Waals surface area contributed by atoms with Crippen molar-refractivity contribution >= 4 is 29.2 Å². The first-order valence-corrected chi connectivity index (χ1v) is 8.38. The molecule has 0 bridgehead atoms. The smallest absolute Gasteiger partial charge is 0.332 e. The van der Waals surface area contributed by atoms with Gasteiger partial charge in [-0.05, 0) is 31.3 Å². The fourth-order valence-electron chi connectivity index (χ4n) is 1.84. The molecule has 0 fully saturated rings. The molecule has 8 heteroatoms. The third-order valence-electron chi connectivity index (χ3n) is 2.84. The Balaban J connectivity index is 2.95. The molecular formula is C13H23N5O2S. The van der Waals surface area contributed by atoms with Gasteiger partial charge in [0.15, 0.2) is 0 Å². The predicted molar refractivity (Wildman–Crippen MR) is 88.2 cm³/mol. The molecule has 118 valence electrons. The van der Waals surface area contributed by atoms with E-state index < -0.39 is 4.92 Å². The lowest BCUT2D eigenvalue weighted by molar-refractivity contribution is -0.385. The van der Waals surface area contributed by atoms with Crippen LogP contribution in [0.1, 0.15) is 26.0 Å². The Bertz CT molecular complexity index is 484. The Hall–Kier alpha value is -1.57. The maximum absolute atomic E-state index is 11.2. The van der Waals surface area contributed by atoms with E-state index in [1.54, 1.807) is 18.7 Å². The van der Waals surface area contributed by atoms with Gasteiger partial charge in [0.2, 0.25) is 11.8 Å². The van der Waals surface area contributed by atoms with Crippen molar-refractivity contribution in [3.8, 4) is 0 Å². The Morgan fingerprint density at radius 2 is 2.10 bits per heavy atom. The number of nitrogens with one attached hydrogen (secondary N) is 2. The maximum atomic E-state index is 11.2. The Kier molecular flexibility index (Phi) is 7.21. The fourth-order valence-corrected chi connectivity index (χ4v) is 2.53. The van der Waals surface area contributed by atoms with Crippen molar-refractivity contribution in [2.45, 2.75) is 27.2 Å². The Morgan fingerprint density at radius 1 is 1.38 bits per heavy atom. The molecular weight excluding hydrogens is 290 g/mol. The molecule has 1 unspecified atom stereocenters. The van der Waals surface area contributed by atoms with Gasteiger partial charge in [-0.15, -0.1) is 0 Å². The molecule has 0 saturated heterocycles. The van der Waals surface area contributed by atoms with Crippen LogP contribution in [0.5, 0.6) is 0 Å². The first-order valence-electron chi connectivity index (χ1n) is 6.99. The number of nitro groups is 1. The van der Waals surface area contributed by atoms with Gasteiger partial charge < -0.3 is 10.6 Å². The number of aromatic nitrogens is 2. The number of rotatable bonds is 9. The molecule has 1 aromatic heterocycles. The third kappa shape index (κ3) is 5.37. The van der Waals surface area contributed by atoms with Gasteiger partial charge in [0.25, 0.3) is 0 Å². The minimum atomic E-state index is -0.430. The van der Waals surface area contributed by atoms with Crippen LogP contribution in [0.2, 0.25) is 0 Å². The van der Waals surface area contributed by atoms with Crippen LogP contribution in [0.25, 0.3) is 0 Å². The van der Waals surface area contributed by atoms with E-state index in [-0.39, 0.29) is 5.69 Å². The zero-order valence-electron chi connectivity index (χ0n) is 13.0. The van der Waals surface area contributed by atoms with E-state index in [1.165, 1.54) is 0 Å². The van der Waals surface area contributed by atoms with Crippen molar-refractivity contribution in [1.82, 2.24) is 9.97 Å². The highest BCUT2D eigenvalue weighted by Crippen LogP contribution is 2.26. The molecule has 1 aromatic rings. The summed E-state index contributed by atoms with van der Waals surface area (Å²) in [5.74, 6) is 2.12. The summed E-state index contributed by atoms with van der Waals surface area (Å²) in [6.07, 6.45) is 2.98. The number of anilines is 2. The molecule has 21 heavy (non-hydrogen) atoms. The summed E-state index contributed by atoms with van der Waals surface area (Å²) in [6.45, 7) is 7.15. The van der Waals surface area contributed by atoms with E-state index in [0.717, 1.165) is 18.7 Å². The van der Waals surface area contributed by atoms with Gasteiger partial charge >= 0.3 is 5.69 Å². The lowest BCUT2D eigenvalue weighted by Crippen LogP contribution is -2.17. The average Bonchev–Trinajstić information content (AvgIpc) is 2.42. The molecule has 0 aliphatic heterocycles. The van der Waals surface area contributed by atoms with Crippen LogP contribution in [-0.2, 0) is 0 Å². The Labute approximate surface area is 129 Å². The van der Waals surface area contributed by atoms with Gasteiger partial charge in [-0.2, -0.15) is 16.7 Å². The van der Waals surface area contributed by atoms with Crippen molar-refractivity contribution in [3.05, 3.63) is 15.8 Å². The maximum Gasteiger partial charge on any atom is 0.332 e. The van der Waals surface area contributed by atoms with E-state index in [0.29, 0.717) is 29.9 Å². The molecule has 0 radical (unpaired) electrons. The average molecular weight is 313 g/mol. The molecule has 0 spiro atoms. The monoisotopic (exact) mass is 313 g/mol. The topological polar surface area (TPSA) is 93.0 Å². The summed E-state index contributed by atoms with van der Waals surface area (Å²) in [5, 5.41) is 17.4. The number of aryl methyl sites for hydroxylation is 1. The van der Waals surface area contributed by atoms with Gasteiger partial charge in [0.05, 0.1) is 4.92 Å². The highest BCUT2D eigenvalue weighted by atomic mass is 32.2. The quantitative estimate of drug-likeness (QED) is 0.535. The number of hydrogen-bond donors (Lipinski definition) is 2. The van der Waals surface area contributed by atoms with Crippen LogP contribution in [0, 0.1) is 23.0 Å². The van der Waals surface area contributed by atoms with Crippen molar-refractivity contribution in [3.63, 3.8) is 0 Å². The largest absolute Gasteiger partial charge is 0.364 e. The summed E-state index contributed by atoms with van der Waals surface area (Å²) >= 11 is 1.75. The zero-order valence-corrected chi connectivity index (χ0v) is 13.8. The lowest BCUT2D eigenvalue weighted by atomic mass is 10.2. The zero-order chi connectivity index (χ0) is 15.8. The molecule has 1 heterocycles. The number of nitrogens with zero attached hydrogens (tertiary/aromatic N) is 3. The van der Waals surface area contributed by atoms with Crippen LogP contribution < -0.4 is 10.6 Å². The van der Waals surface area contributed by atoms with Crippen molar-refractivity contribution in [1.29, 1.82) is 0 Å². The summed E-state index contributed by atoms with van der Waals surface area (Å²) in [6, 6.07) is 0. The van der Waals surface area contributed by atoms with Crippen LogP contribution in [0.15, 0.2) is 0 Å². The van der Waals surface area contributed by atoms with Gasteiger partial charge in [0, 0.05) is 13.1 Å². The summed E-state index contributed by atoms with van der Waals surface area (Å²) in [4.78, 5) is 19.2. The van der Waals surface area contributed by atoms with E-state index >= 15 is 0 Å². The highest BCUT2D eigenvalue weighted by molar-refractivity contribution is 7.98.